The van der Waals surface area contributed by atoms with Gasteiger partial charge >= 0.3 is 0 Å². The monoisotopic (exact) mass is 1780 g/mol. The summed E-state index contributed by atoms with van der Waals surface area (Å²) in [6.07, 6.45) is 9.59. The molecule has 0 radical (unpaired) electrons. The maximum Gasteiger partial charge on any atom is 0.227 e. The Morgan fingerprint density at radius 2 is 0.654 bits per heavy atom. The van der Waals surface area contributed by atoms with Crippen molar-refractivity contribution in [3.8, 4) is 56.3 Å². The van der Waals surface area contributed by atoms with Crippen LogP contribution in [0.4, 0.5) is 0 Å². The fraction of sp³-hybridized carbons (Fsp3) is 0.322. The molecule has 15 aromatic heterocycles. The van der Waals surface area contributed by atoms with Crippen molar-refractivity contribution >= 4 is 110 Å². The highest BCUT2D eigenvalue weighted by molar-refractivity contribution is 6.13. The average molecular weight is 1780 g/mol. The maximum atomic E-state index is 9.01. The zero-order valence-electron chi connectivity index (χ0n) is 97.5. The zero-order chi connectivity index (χ0) is 109. The fourth-order valence-corrected chi connectivity index (χ4v) is 19.0. The van der Waals surface area contributed by atoms with E-state index in [-0.39, 0.29) is 47.5 Å². The number of nitrogens with zero attached hydrogens (tertiary/aromatic N) is 10. The van der Waals surface area contributed by atoms with E-state index in [0.717, 1.165) is 116 Å². The summed E-state index contributed by atoms with van der Waals surface area (Å²) < 4.78 is 178. The standard InChI is InChI=1S/C26H29N2O.C25H29N2O.C23H25N2O.2C22H23N2O/c1-16-10-11-20-21-12-13-22(19-8-6-5-7-9-19)27-26(21)29-25(20)24(16)23-14-17(2)18(3)15-28(23)4;1-15-8-10-19-20-11-9-18(13-25(4,5)6)26-24(20)28-23(19)22(15)21-12-16(2)17(3)14-27(21)7;1-13(2)19-12-25(6)20(11-15(19)4)21-14(3)7-9-17-18-10-8-16(5)24-23(18)26-22(17)21;2*1-13(2)18-12-24(5)19(11-15(18)4)20-14(3)8-9-16-17-7-6-10-23-22(17)25-21(16)20/h10-15,19H,5-9H2,1-4H3;8-12,14H,13H2,1-7H3;7-13H,1-6H3;2*6-13H,1-5H3/q5*+1/i3D3,8D2,9D2,19D;3D3,4D3,5D3;;;. The Hall–Kier alpha value is -13.4. The number of fused-ring (bicyclic) bond motifs is 15. The predicted molar refractivity (Wildman–Crippen MR) is 543 cm³/mol. The lowest BCUT2D eigenvalue weighted by Crippen LogP contribution is -2.32. The van der Waals surface area contributed by atoms with Crippen LogP contribution in [0.3, 0.4) is 0 Å². The molecule has 0 aliphatic heterocycles. The molecule has 5 aromatic carbocycles. The first-order valence-electron chi connectivity index (χ1n) is 54.3. The first-order valence-corrected chi connectivity index (χ1v) is 45.8. The van der Waals surface area contributed by atoms with E-state index >= 15 is 0 Å². The summed E-state index contributed by atoms with van der Waals surface area (Å²) >= 11 is 0. The molecule has 0 spiro atoms. The van der Waals surface area contributed by atoms with Crippen LogP contribution in [-0.4, -0.2) is 24.9 Å². The highest BCUT2D eigenvalue weighted by atomic mass is 16.4. The van der Waals surface area contributed by atoms with E-state index in [2.05, 4.69) is 234 Å². The van der Waals surface area contributed by atoms with Crippen molar-refractivity contribution < 1.29 is 68.2 Å². The highest BCUT2D eigenvalue weighted by Crippen LogP contribution is 2.45. The number of furan rings is 5. The predicted octanol–water partition coefficient (Wildman–Crippen LogP) is 28.4. The van der Waals surface area contributed by atoms with E-state index in [1.807, 2.05) is 75.4 Å². The number of aryl methyl sites for hydroxylation is 18. The Morgan fingerprint density at radius 1 is 0.346 bits per heavy atom. The first kappa shape index (κ1) is 72.2. The van der Waals surface area contributed by atoms with Crippen molar-refractivity contribution in [2.45, 2.75) is 214 Å². The smallest absolute Gasteiger partial charge is 0.227 e. The van der Waals surface area contributed by atoms with Crippen LogP contribution in [0.2, 0.25) is 0 Å². The van der Waals surface area contributed by atoms with Crippen molar-refractivity contribution in [2.75, 3.05) is 0 Å². The SMILES string of the molecule is Cc1cc(-c2c(C)ccc3c2oc2ncccc23)[n+](C)cc1C(C)C.Cc1cc(-c2c(C)ccc3c2oc2ncccc23)[n+](C)cc1C(C)C.Cc1ccc2c(n1)oc1c(-c3cc(C)c(C(C)C)c[n+]3C)c(C)ccc12.[2H]C([2H])([2H])c1c[n+](C)c(-c2c(C)ccc3c2oc2nc(C4([2H])C([2H])([2H])CCCC4([2H])[2H])ccc23)cc1C.[2H]C([2H])([2H])c1c[n+](C)c(-c2c(C)ccc3c2oc2nc(CC(C)(C([2H])([2H])[2H])C([2H])([2H])[2H])ccc23)cc1C. The van der Waals surface area contributed by atoms with Crippen LogP contribution in [0.15, 0.2) is 217 Å². The minimum Gasteiger partial charge on any atom is -0.437 e. The average Bonchev–Trinajstić information content (AvgIpc) is 1.09. The maximum absolute atomic E-state index is 9.01. The molecule has 15 nitrogen and oxygen atoms in total. The third-order valence-corrected chi connectivity index (χ3v) is 26.0. The minimum atomic E-state index is -2.72. The first-order chi connectivity index (χ1) is 70.2. The number of benzene rings is 5. The number of hydrogen-bond acceptors (Lipinski definition) is 10. The lowest BCUT2D eigenvalue weighted by molar-refractivity contribution is -0.661. The summed E-state index contributed by atoms with van der Waals surface area (Å²) in [5.41, 5.74) is 31.2. The molecule has 0 unspecified atom stereocenters. The normalized spacial score (nSPS) is 15.9. The van der Waals surface area contributed by atoms with E-state index in [1.54, 1.807) is 86.1 Å². The Balaban J connectivity index is 0.000000129. The van der Waals surface area contributed by atoms with Crippen LogP contribution in [0.25, 0.3) is 167 Å². The van der Waals surface area contributed by atoms with Gasteiger partial charge in [-0.2, -0.15) is 0 Å². The molecule has 676 valence electrons. The second-order valence-electron chi connectivity index (χ2n) is 37.4. The van der Waals surface area contributed by atoms with Gasteiger partial charge in [0.2, 0.25) is 57.0 Å². The van der Waals surface area contributed by atoms with Gasteiger partial charge < -0.3 is 22.1 Å². The number of hydrogen-bond donors (Lipinski definition) is 0. The molecule has 0 saturated heterocycles. The second-order valence-corrected chi connectivity index (χ2v) is 37.4. The van der Waals surface area contributed by atoms with Crippen molar-refractivity contribution in [1.82, 2.24) is 24.9 Å². The van der Waals surface area contributed by atoms with Gasteiger partial charge in [0.25, 0.3) is 0 Å². The van der Waals surface area contributed by atoms with Crippen LogP contribution in [0.5, 0.6) is 0 Å². The molecule has 1 aliphatic carbocycles. The molecule has 1 fully saturated rings. The van der Waals surface area contributed by atoms with Crippen LogP contribution < -0.4 is 22.8 Å². The molecule has 20 aromatic rings. The molecule has 0 bridgehead atoms. The Bertz CT molecular complexity index is 8570. The molecule has 0 atom stereocenters. The van der Waals surface area contributed by atoms with E-state index in [4.69, 9.17) is 45.4 Å². The van der Waals surface area contributed by atoms with Crippen molar-refractivity contribution in [3.05, 3.63) is 296 Å². The summed E-state index contributed by atoms with van der Waals surface area (Å²) in [5.74, 6) is -0.663. The Labute approximate surface area is 806 Å². The number of pyridine rings is 10. The van der Waals surface area contributed by atoms with Gasteiger partial charge in [-0.05, 0) is 248 Å². The molecule has 15 heteroatoms. The summed E-state index contributed by atoms with van der Waals surface area (Å²) in [6, 6.07) is 50.0. The van der Waals surface area contributed by atoms with Crippen molar-refractivity contribution in [1.29, 1.82) is 0 Å². The van der Waals surface area contributed by atoms with E-state index in [9.17, 15) is 0 Å². The lowest BCUT2D eigenvalue weighted by Gasteiger charge is -2.20. The van der Waals surface area contributed by atoms with Gasteiger partial charge in [0.05, 0.1) is 27.8 Å². The zero-order valence-corrected chi connectivity index (χ0v) is 80.5. The highest BCUT2D eigenvalue weighted by Gasteiger charge is 2.31. The third-order valence-electron chi connectivity index (χ3n) is 26.0. The van der Waals surface area contributed by atoms with Crippen LogP contribution in [0.1, 0.15) is 242 Å². The van der Waals surface area contributed by atoms with Gasteiger partial charge in [-0.25, -0.2) is 47.8 Å². The minimum absolute atomic E-state index is 0.00968. The van der Waals surface area contributed by atoms with Crippen molar-refractivity contribution in [3.63, 3.8) is 0 Å². The molecule has 21 rings (SSSR count). The van der Waals surface area contributed by atoms with Crippen molar-refractivity contribution in [2.24, 2.45) is 40.7 Å². The second kappa shape index (κ2) is 36.6. The number of aromatic nitrogens is 10. The van der Waals surface area contributed by atoms with Crippen LogP contribution >= 0.6 is 0 Å². The lowest BCUT2D eigenvalue weighted by atomic mass is 9.86. The van der Waals surface area contributed by atoms with E-state index < -0.39 is 51.5 Å². The third kappa shape index (κ3) is 17.7. The number of rotatable bonds is 10. The van der Waals surface area contributed by atoms with Crippen LogP contribution in [-0.2, 0) is 41.7 Å². The topological polar surface area (TPSA) is 150 Å². The Morgan fingerprint density at radius 3 is 1.01 bits per heavy atom. The molecule has 15 heterocycles. The molecule has 1 saturated carbocycles. The summed E-state index contributed by atoms with van der Waals surface area (Å²) in [7, 11) is 9.91. The fourth-order valence-electron chi connectivity index (χ4n) is 19.0. The molecular weight excluding hydrogens is 1640 g/mol. The van der Waals surface area contributed by atoms with Gasteiger partial charge in [0, 0.05) is 171 Å². The van der Waals surface area contributed by atoms with Gasteiger partial charge in [0.15, 0.2) is 58.9 Å². The summed E-state index contributed by atoms with van der Waals surface area (Å²) in [6.45, 7) is 27.1. The van der Waals surface area contributed by atoms with E-state index in [1.165, 1.54) is 74.1 Å². The van der Waals surface area contributed by atoms with Gasteiger partial charge in [-0.1, -0.05) is 142 Å². The summed E-state index contributed by atoms with van der Waals surface area (Å²) in [4.78, 5) is 22.4. The molecule has 1 aliphatic rings. The van der Waals surface area contributed by atoms with Gasteiger partial charge in [0.1, 0.15) is 35.2 Å². The molecule has 0 N–H and O–H groups in total. The van der Waals surface area contributed by atoms with E-state index in [0.29, 0.717) is 80.1 Å². The van der Waals surface area contributed by atoms with Gasteiger partial charge in [-0.3, -0.25) is 0 Å². The molecule has 0 amide bonds. The molecule has 133 heavy (non-hydrogen) atoms. The van der Waals surface area contributed by atoms with Gasteiger partial charge in [-0.15, -0.1) is 0 Å². The van der Waals surface area contributed by atoms with Crippen LogP contribution in [0, 0.1) is 95.3 Å². The quantitative estimate of drug-likeness (QED) is 0.121. The Kier molecular flexibility index (Phi) is 19.9. The molecular formula is C118H129N10O5+5. The largest absolute Gasteiger partial charge is 0.437 e. The summed E-state index contributed by atoms with van der Waals surface area (Å²) in [5, 5.41) is 9.53.